The summed E-state index contributed by atoms with van der Waals surface area (Å²) in [5.74, 6) is -3.34. The van der Waals surface area contributed by atoms with Crippen LogP contribution >= 0.6 is 0 Å². The molecule has 0 aliphatic heterocycles. The number of nitrogens with zero attached hydrogens (tertiary/aromatic N) is 1. The van der Waals surface area contributed by atoms with Gasteiger partial charge in [-0.3, -0.25) is 14.4 Å². The number of nitrogens with one attached hydrogen (secondary N) is 2. The molecule has 0 radical (unpaired) electrons. The van der Waals surface area contributed by atoms with Crippen molar-refractivity contribution in [3.8, 4) is 5.75 Å². The van der Waals surface area contributed by atoms with E-state index in [0.29, 0.717) is 18.4 Å². The predicted octanol–water partition coefficient (Wildman–Crippen LogP) is 4.99. The minimum Gasteiger partial charge on any atom is -0.507 e. The third kappa shape index (κ3) is 13.8. The topological polar surface area (TPSA) is 177 Å². The lowest BCUT2D eigenvalue weighted by Crippen LogP contribution is -2.55. The molecule has 0 aliphatic carbocycles. The molecule has 0 fully saturated rings. The highest BCUT2D eigenvalue weighted by Crippen LogP contribution is 2.33. The minimum atomic E-state index is -1.49. The largest absolute Gasteiger partial charge is 0.507 e. The number of phenolic OH excluding ortho intramolecular Hbond substituents is 1. The fourth-order valence-electron chi connectivity index (χ4n) is 5.15. The number of alkyl carbamates (subject to hydrolysis) is 1. The van der Waals surface area contributed by atoms with Crippen LogP contribution in [-0.2, 0) is 35.1 Å². The van der Waals surface area contributed by atoms with Gasteiger partial charge in [0.1, 0.15) is 35.1 Å². The van der Waals surface area contributed by atoms with E-state index in [0.717, 1.165) is 18.4 Å². The van der Waals surface area contributed by atoms with E-state index >= 15 is 0 Å². The Morgan fingerprint density at radius 2 is 1.47 bits per heavy atom. The van der Waals surface area contributed by atoms with Crippen molar-refractivity contribution < 1.29 is 38.6 Å². The van der Waals surface area contributed by atoms with Gasteiger partial charge >= 0.3 is 12.1 Å². The summed E-state index contributed by atoms with van der Waals surface area (Å²) < 4.78 is 11.0. The van der Waals surface area contributed by atoms with Crippen molar-refractivity contribution in [2.24, 2.45) is 5.73 Å². The van der Waals surface area contributed by atoms with E-state index in [2.05, 4.69) is 10.6 Å². The summed E-state index contributed by atoms with van der Waals surface area (Å²) in [5, 5.41) is 16.5. The van der Waals surface area contributed by atoms with Crippen LogP contribution in [0.5, 0.6) is 5.75 Å². The zero-order valence-corrected chi connectivity index (χ0v) is 30.1. The van der Waals surface area contributed by atoms with Crippen LogP contribution in [0.1, 0.15) is 103 Å². The number of unbranched alkanes of at least 4 members (excludes halogenated alkanes) is 3. The molecule has 0 aliphatic rings. The second-order valence-corrected chi connectivity index (χ2v) is 14.2. The summed E-state index contributed by atoms with van der Waals surface area (Å²) in [7, 11) is 0. The third-order valence-corrected chi connectivity index (χ3v) is 7.34. The van der Waals surface area contributed by atoms with E-state index in [1.54, 1.807) is 60.6 Å². The zero-order valence-electron chi connectivity index (χ0n) is 30.1. The van der Waals surface area contributed by atoms with Gasteiger partial charge in [0, 0.05) is 18.5 Å². The lowest BCUT2D eigenvalue weighted by molar-refractivity contribution is -0.159. The van der Waals surface area contributed by atoms with E-state index in [-0.39, 0.29) is 24.3 Å². The highest BCUT2D eigenvalue weighted by atomic mass is 16.6. The molecule has 0 saturated carbocycles. The maximum atomic E-state index is 14.5. The molecule has 2 aromatic rings. The Morgan fingerprint density at radius 1 is 0.837 bits per heavy atom. The quantitative estimate of drug-likeness (QED) is 0.141. The van der Waals surface area contributed by atoms with Gasteiger partial charge in [-0.2, -0.15) is 0 Å². The summed E-state index contributed by atoms with van der Waals surface area (Å²) in [4.78, 5) is 68.7. The summed E-state index contributed by atoms with van der Waals surface area (Å²) in [5.41, 5.74) is 5.05. The third-order valence-electron chi connectivity index (χ3n) is 7.34. The van der Waals surface area contributed by atoms with Crippen LogP contribution in [0.4, 0.5) is 4.79 Å². The molecule has 0 aromatic heterocycles. The first-order valence-electron chi connectivity index (χ1n) is 16.8. The number of para-hydroxylation sites is 1. The molecule has 270 valence electrons. The van der Waals surface area contributed by atoms with Crippen molar-refractivity contribution in [2.45, 2.75) is 123 Å². The second kappa shape index (κ2) is 18.2. The molecule has 2 rings (SSSR count). The summed E-state index contributed by atoms with van der Waals surface area (Å²) in [6.07, 6.45) is 1.49. The molecule has 4 amide bonds. The molecule has 3 atom stereocenters. The molecule has 49 heavy (non-hydrogen) atoms. The van der Waals surface area contributed by atoms with Gasteiger partial charge in [-0.1, -0.05) is 74.7 Å². The van der Waals surface area contributed by atoms with Crippen molar-refractivity contribution in [2.75, 3.05) is 6.54 Å². The monoisotopic (exact) mass is 682 g/mol. The second-order valence-electron chi connectivity index (χ2n) is 14.2. The molecule has 0 heterocycles. The first-order valence-corrected chi connectivity index (χ1v) is 16.8. The van der Waals surface area contributed by atoms with Crippen molar-refractivity contribution in [3.05, 3.63) is 65.2 Å². The highest BCUT2D eigenvalue weighted by Gasteiger charge is 2.40. The Kier molecular flexibility index (Phi) is 15.1. The van der Waals surface area contributed by atoms with Gasteiger partial charge in [0.2, 0.25) is 17.7 Å². The van der Waals surface area contributed by atoms with E-state index < -0.39 is 65.5 Å². The Labute approximate surface area is 290 Å². The minimum absolute atomic E-state index is 0.0192. The van der Waals surface area contributed by atoms with Gasteiger partial charge in [0.15, 0.2) is 0 Å². The van der Waals surface area contributed by atoms with E-state index in [1.807, 2.05) is 37.3 Å². The standard InChI is InChI=1S/C37H54N4O8/c1-9-10-11-15-21-41(33(45)27(23-29(38)42)40-35(47)49-37(6,7)8)30(26-20-16-17-24(2)31(26)43)32(44)39-28(34(46)48-36(3,4)5)22-25-18-13-12-14-19-25/h12-14,16-20,27-28,30,43H,9-11,15,21-23H2,1-8H3,(H2,38,42)(H,39,44)(H,40,47). The Morgan fingerprint density at radius 3 is 2.04 bits per heavy atom. The number of aryl methyl sites for hydroxylation is 1. The number of primary amides is 1. The number of phenols is 1. The fourth-order valence-corrected chi connectivity index (χ4v) is 5.15. The number of carbonyl (C=O) groups excluding carboxylic acids is 5. The average molecular weight is 683 g/mol. The number of hydrogen-bond acceptors (Lipinski definition) is 8. The number of esters is 1. The number of amides is 4. The molecular weight excluding hydrogens is 628 g/mol. The van der Waals surface area contributed by atoms with Crippen molar-refractivity contribution in [1.29, 1.82) is 0 Å². The molecule has 0 saturated heterocycles. The van der Waals surface area contributed by atoms with Crippen LogP contribution in [0.3, 0.4) is 0 Å². The Hall–Kier alpha value is -4.61. The number of nitrogens with two attached hydrogens (primary N) is 1. The maximum absolute atomic E-state index is 14.5. The molecule has 0 bridgehead atoms. The van der Waals surface area contributed by atoms with E-state index in [4.69, 9.17) is 15.2 Å². The highest BCUT2D eigenvalue weighted by molar-refractivity contribution is 5.96. The normalized spacial score (nSPS) is 13.4. The van der Waals surface area contributed by atoms with E-state index in [1.165, 1.54) is 11.0 Å². The fraction of sp³-hybridized carbons (Fsp3) is 0.541. The zero-order chi connectivity index (χ0) is 36.9. The first kappa shape index (κ1) is 40.6. The van der Waals surface area contributed by atoms with Crippen LogP contribution in [-0.4, -0.2) is 69.6 Å². The molecule has 3 unspecified atom stereocenters. The van der Waals surface area contributed by atoms with Gasteiger partial charge in [-0.15, -0.1) is 0 Å². The van der Waals surface area contributed by atoms with Crippen molar-refractivity contribution >= 4 is 29.8 Å². The molecule has 0 spiro atoms. The maximum Gasteiger partial charge on any atom is 0.408 e. The van der Waals surface area contributed by atoms with Gasteiger partial charge in [-0.05, 0) is 66.0 Å². The van der Waals surface area contributed by atoms with Crippen molar-refractivity contribution in [1.82, 2.24) is 15.5 Å². The summed E-state index contributed by atoms with van der Waals surface area (Å²) in [6, 6.07) is 9.74. The van der Waals surface area contributed by atoms with Crippen LogP contribution in [0.2, 0.25) is 0 Å². The Bertz CT molecular complexity index is 1430. The van der Waals surface area contributed by atoms with Gasteiger partial charge in [-0.25, -0.2) is 9.59 Å². The summed E-state index contributed by atoms with van der Waals surface area (Å²) >= 11 is 0. The number of hydrogen-bond donors (Lipinski definition) is 4. The SMILES string of the molecule is CCCCCCN(C(=O)C(CC(N)=O)NC(=O)OC(C)(C)C)C(C(=O)NC(Cc1ccccc1)C(=O)OC(C)(C)C)c1cccc(C)c1O. The average Bonchev–Trinajstić information content (AvgIpc) is 2.98. The predicted molar refractivity (Wildman–Crippen MR) is 186 cm³/mol. The molecule has 5 N–H and O–H groups in total. The first-order chi connectivity index (χ1) is 22.8. The number of benzene rings is 2. The number of rotatable bonds is 16. The number of carbonyl (C=O) groups is 5. The lowest BCUT2D eigenvalue weighted by Gasteiger charge is -2.35. The van der Waals surface area contributed by atoms with Crippen molar-refractivity contribution in [3.63, 3.8) is 0 Å². The molecule has 12 heteroatoms. The van der Waals surface area contributed by atoms with Crippen LogP contribution in [0.25, 0.3) is 0 Å². The summed E-state index contributed by atoms with van der Waals surface area (Å²) in [6.45, 7) is 13.8. The Balaban J connectivity index is 2.70. The molecular formula is C37H54N4O8. The lowest BCUT2D eigenvalue weighted by atomic mass is 9.97. The van der Waals surface area contributed by atoms with Crippen LogP contribution < -0.4 is 16.4 Å². The molecule has 2 aromatic carbocycles. The van der Waals surface area contributed by atoms with Gasteiger partial charge in [0.05, 0.1) is 6.42 Å². The van der Waals surface area contributed by atoms with Gasteiger partial charge in [0.25, 0.3) is 0 Å². The smallest absolute Gasteiger partial charge is 0.408 e. The number of aromatic hydroxyl groups is 1. The number of ether oxygens (including phenoxy) is 2. The van der Waals surface area contributed by atoms with Crippen LogP contribution in [0, 0.1) is 6.92 Å². The molecule has 12 nitrogen and oxygen atoms in total. The van der Waals surface area contributed by atoms with Crippen LogP contribution in [0.15, 0.2) is 48.5 Å². The van der Waals surface area contributed by atoms with Gasteiger partial charge < -0.3 is 35.8 Å². The van der Waals surface area contributed by atoms with E-state index in [9.17, 15) is 29.1 Å².